The largest absolute Gasteiger partial charge is 0.469 e. The molecule has 1 aliphatic rings. The summed E-state index contributed by atoms with van der Waals surface area (Å²) in [5.41, 5.74) is 5.42. The van der Waals surface area contributed by atoms with Crippen molar-refractivity contribution in [2.24, 2.45) is 0 Å². The fraction of sp³-hybridized carbons (Fsp3) is 0.600. The van der Waals surface area contributed by atoms with Gasteiger partial charge in [0.15, 0.2) is 0 Å². The van der Waals surface area contributed by atoms with Crippen molar-refractivity contribution in [1.29, 1.82) is 0 Å². The van der Waals surface area contributed by atoms with E-state index in [1.54, 1.807) is 6.92 Å². The molecule has 0 bridgehead atoms. The molecule has 1 aromatic rings. The van der Waals surface area contributed by atoms with E-state index in [1.165, 1.54) is 6.20 Å². The number of anilines is 1. The number of aryl methyl sites for hydroxylation is 1. The second-order valence-electron chi connectivity index (χ2n) is 4.68. The lowest BCUT2D eigenvalue weighted by Gasteiger charge is -2.16. The van der Waals surface area contributed by atoms with E-state index in [4.69, 9.17) is 20.3 Å². The number of ether oxygens (including phenoxy) is 1. The van der Waals surface area contributed by atoms with Crippen LogP contribution in [0.25, 0.3) is 0 Å². The molecule has 0 radical (unpaired) electrons. The Bertz CT molecular complexity index is 628. The van der Waals surface area contributed by atoms with Gasteiger partial charge in [-0.15, -0.1) is 0 Å². The molecule has 2 rings (SSSR count). The molecule has 0 aromatic carbocycles. The molecule has 0 spiro atoms. The van der Waals surface area contributed by atoms with Crippen molar-refractivity contribution in [1.82, 2.24) is 9.55 Å². The number of phosphoric ester groups is 1. The minimum Gasteiger partial charge on any atom is -0.394 e. The van der Waals surface area contributed by atoms with Crippen molar-refractivity contribution < 1.29 is 28.7 Å². The number of nitrogens with two attached hydrogens (primary N) is 1. The van der Waals surface area contributed by atoms with Crippen LogP contribution in [0.15, 0.2) is 11.0 Å². The zero-order chi connectivity index (χ0) is 15.8. The summed E-state index contributed by atoms with van der Waals surface area (Å²) in [6.07, 6.45) is -1.42. The lowest BCUT2D eigenvalue weighted by Crippen LogP contribution is -2.28. The molecular weight excluding hydrogens is 305 g/mol. The van der Waals surface area contributed by atoms with Gasteiger partial charge in [-0.1, -0.05) is 0 Å². The Morgan fingerprint density at radius 3 is 2.86 bits per heavy atom. The average Bonchev–Trinajstić information content (AvgIpc) is 2.74. The Labute approximate surface area is 119 Å². The Hall–Kier alpha value is -1.29. The highest BCUT2D eigenvalue weighted by Gasteiger charge is 2.40. The topological polar surface area (TPSA) is 157 Å². The second-order valence-corrected chi connectivity index (χ2v) is 5.87. The number of rotatable bonds is 4. The van der Waals surface area contributed by atoms with Crippen LogP contribution < -0.4 is 11.4 Å². The molecule has 21 heavy (non-hydrogen) atoms. The van der Waals surface area contributed by atoms with Crippen molar-refractivity contribution in [3.05, 3.63) is 22.2 Å². The van der Waals surface area contributed by atoms with Gasteiger partial charge in [-0.05, 0) is 6.92 Å². The molecule has 3 atom stereocenters. The molecular formula is C10H16N3O7P. The summed E-state index contributed by atoms with van der Waals surface area (Å²) in [6.45, 7) is 1.15. The van der Waals surface area contributed by atoms with Crippen LogP contribution in [0.3, 0.4) is 0 Å². The van der Waals surface area contributed by atoms with E-state index in [2.05, 4.69) is 9.51 Å². The monoisotopic (exact) mass is 321 g/mol. The smallest absolute Gasteiger partial charge is 0.394 e. The van der Waals surface area contributed by atoms with Gasteiger partial charge < -0.3 is 25.4 Å². The number of phosphoric acid groups is 1. The predicted molar refractivity (Wildman–Crippen MR) is 70.2 cm³/mol. The summed E-state index contributed by atoms with van der Waals surface area (Å²) in [7, 11) is -4.73. The predicted octanol–water partition coefficient (Wildman–Crippen LogP) is -1.11. The van der Waals surface area contributed by atoms with Crippen molar-refractivity contribution in [2.75, 3.05) is 12.3 Å². The standard InChI is InChI=1S/C10H16N3O7P/c1-5-3-13(10(15)12-9(5)11)8-2-6(7(4-14)19-8)20-21(16,17)18/h3,6-8,14H,2,4H2,1H3,(H2,11,12,15)(H2,16,17,18)/t6?,7-,8-/m1/s1. The van der Waals surface area contributed by atoms with Crippen LogP contribution in [-0.4, -0.2) is 43.3 Å². The van der Waals surface area contributed by atoms with Crippen LogP contribution in [0.1, 0.15) is 18.2 Å². The Morgan fingerprint density at radius 1 is 1.62 bits per heavy atom. The van der Waals surface area contributed by atoms with Gasteiger partial charge in [0.25, 0.3) is 0 Å². The minimum atomic E-state index is -4.73. The molecule has 1 aromatic heterocycles. The number of aliphatic hydroxyl groups is 1. The molecule has 5 N–H and O–H groups in total. The van der Waals surface area contributed by atoms with E-state index in [1.807, 2.05) is 0 Å². The summed E-state index contributed by atoms with van der Waals surface area (Å²) in [5, 5.41) is 9.19. The third-order valence-corrected chi connectivity index (χ3v) is 3.66. The molecule has 11 heteroatoms. The zero-order valence-corrected chi connectivity index (χ0v) is 12.0. The first-order valence-corrected chi connectivity index (χ1v) is 7.60. The highest BCUT2D eigenvalue weighted by Crippen LogP contribution is 2.43. The van der Waals surface area contributed by atoms with Crippen LogP contribution in [0.5, 0.6) is 0 Å². The Balaban J connectivity index is 2.25. The summed E-state index contributed by atoms with van der Waals surface area (Å²) in [4.78, 5) is 33.1. The fourth-order valence-electron chi connectivity index (χ4n) is 2.11. The van der Waals surface area contributed by atoms with E-state index in [-0.39, 0.29) is 12.2 Å². The first-order valence-electron chi connectivity index (χ1n) is 6.07. The quantitative estimate of drug-likeness (QED) is 0.505. The summed E-state index contributed by atoms with van der Waals surface area (Å²) in [5.74, 6) is 0.0935. The SMILES string of the molecule is Cc1cn([C@H]2CC(OP(=O)(O)O)[C@@H](CO)O2)c(=O)nc1N. The van der Waals surface area contributed by atoms with Gasteiger partial charge in [0.2, 0.25) is 0 Å². The van der Waals surface area contributed by atoms with E-state index in [0.717, 1.165) is 4.57 Å². The van der Waals surface area contributed by atoms with Crippen molar-refractivity contribution in [3.63, 3.8) is 0 Å². The number of nitrogen functional groups attached to an aromatic ring is 1. The van der Waals surface area contributed by atoms with E-state index in [9.17, 15) is 14.5 Å². The van der Waals surface area contributed by atoms with Crippen molar-refractivity contribution in [2.45, 2.75) is 31.8 Å². The normalized spacial score (nSPS) is 26.2. The van der Waals surface area contributed by atoms with E-state index < -0.39 is 38.6 Å². The number of hydrogen-bond acceptors (Lipinski definition) is 7. The van der Waals surface area contributed by atoms with Gasteiger partial charge in [0.05, 0.1) is 6.61 Å². The van der Waals surface area contributed by atoms with Crippen LogP contribution in [0.2, 0.25) is 0 Å². The van der Waals surface area contributed by atoms with Crippen LogP contribution in [0.4, 0.5) is 5.82 Å². The summed E-state index contributed by atoms with van der Waals surface area (Å²) < 4.78 is 22.0. The molecule has 1 fully saturated rings. The third kappa shape index (κ3) is 3.67. The third-order valence-electron chi connectivity index (χ3n) is 3.12. The maximum atomic E-state index is 11.8. The molecule has 10 nitrogen and oxygen atoms in total. The lowest BCUT2D eigenvalue weighted by molar-refractivity contribution is -0.0452. The minimum absolute atomic E-state index is 0.0126. The number of aliphatic hydroxyl groups excluding tert-OH is 1. The molecule has 1 unspecified atom stereocenters. The fourth-order valence-corrected chi connectivity index (χ4v) is 2.68. The van der Waals surface area contributed by atoms with Gasteiger partial charge in [-0.3, -0.25) is 9.09 Å². The molecule has 0 aliphatic carbocycles. The number of hydrogen-bond donors (Lipinski definition) is 4. The maximum Gasteiger partial charge on any atom is 0.469 e. The van der Waals surface area contributed by atoms with Crippen LogP contribution >= 0.6 is 7.82 Å². The molecule has 0 saturated carbocycles. The first-order chi connectivity index (χ1) is 9.71. The Kier molecular flexibility index (Phi) is 4.47. The lowest BCUT2D eigenvalue weighted by atomic mass is 10.2. The van der Waals surface area contributed by atoms with Crippen molar-refractivity contribution >= 4 is 13.6 Å². The number of nitrogens with zero attached hydrogens (tertiary/aromatic N) is 2. The first kappa shape index (κ1) is 16.1. The summed E-state index contributed by atoms with van der Waals surface area (Å²) in [6, 6.07) is 0. The highest BCUT2D eigenvalue weighted by atomic mass is 31.2. The van der Waals surface area contributed by atoms with Crippen LogP contribution in [0, 0.1) is 6.92 Å². The zero-order valence-electron chi connectivity index (χ0n) is 11.1. The molecule has 1 aliphatic heterocycles. The van der Waals surface area contributed by atoms with Gasteiger partial charge >= 0.3 is 13.5 Å². The van der Waals surface area contributed by atoms with Gasteiger partial charge in [-0.2, -0.15) is 4.98 Å². The average molecular weight is 321 g/mol. The van der Waals surface area contributed by atoms with Gasteiger partial charge in [-0.25, -0.2) is 9.36 Å². The van der Waals surface area contributed by atoms with E-state index >= 15 is 0 Å². The molecule has 0 amide bonds. The highest BCUT2D eigenvalue weighted by molar-refractivity contribution is 7.46. The Morgan fingerprint density at radius 2 is 2.29 bits per heavy atom. The summed E-state index contributed by atoms with van der Waals surface area (Å²) >= 11 is 0. The maximum absolute atomic E-state index is 11.8. The molecule has 118 valence electrons. The van der Waals surface area contributed by atoms with E-state index in [0.29, 0.717) is 5.56 Å². The van der Waals surface area contributed by atoms with Crippen LogP contribution in [-0.2, 0) is 13.8 Å². The van der Waals surface area contributed by atoms with Crippen molar-refractivity contribution in [3.8, 4) is 0 Å². The van der Waals surface area contributed by atoms with Gasteiger partial charge in [0, 0.05) is 18.2 Å². The second kappa shape index (κ2) is 5.84. The molecule has 1 saturated heterocycles. The molecule has 2 heterocycles. The van der Waals surface area contributed by atoms with Gasteiger partial charge in [0.1, 0.15) is 24.3 Å². The number of aromatic nitrogens is 2.